The predicted molar refractivity (Wildman–Crippen MR) is 101 cm³/mol. The Kier molecular flexibility index (Phi) is 7.63. The van der Waals surface area contributed by atoms with Crippen LogP contribution in [0.3, 0.4) is 0 Å². The molecule has 26 heavy (non-hydrogen) atoms. The second-order valence-corrected chi connectivity index (χ2v) is 7.99. The van der Waals surface area contributed by atoms with E-state index >= 15 is 0 Å². The molecule has 0 atom stereocenters. The Hall–Kier alpha value is -1.89. The van der Waals surface area contributed by atoms with Crippen LogP contribution in [0.1, 0.15) is 43.6 Å². The quantitative estimate of drug-likeness (QED) is 0.650. The van der Waals surface area contributed by atoms with Gasteiger partial charge in [0.25, 0.3) is 0 Å². The highest BCUT2D eigenvalue weighted by Gasteiger charge is 2.23. The smallest absolute Gasteiger partial charge is 0.307 e. The van der Waals surface area contributed by atoms with Gasteiger partial charge in [0.05, 0.1) is 13.5 Å². The van der Waals surface area contributed by atoms with Crippen molar-refractivity contribution in [1.29, 1.82) is 0 Å². The van der Waals surface area contributed by atoms with Gasteiger partial charge in [-0.1, -0.05) is 13.8 Å². The Morgan fingerprint density at radius 3 is 2.73 bits per heavy atom. The van der Waals surface area contributed by atoms with E-state index in [1.165, 1.54) is 17.6 Å². The third kappa shape index (κ3) is 5.83. The van der Waals surface area contributed by atoms with Crippen LogP contribution in [-0.2, 0) is 32.1 Å². The summed E-state index contributed by atoms with van der Waals surface area (Å²) in [6.45, 7) is 6.32. The lowest BCUT2D eigenvalue weighted by Gasteiger charge is -2.28. The van der Waals surface area contributed by atoms with E-state index in [-0.39, 0.29) is 37.0 Å². The molecule has 0 spiro atoms. The summed E-state index contributed by atoms with van der Waals surface area (Å²) in [6, 6.07) is 2.07. The Labute approximate surface area is 159 Å². The molecule has 0 radical (unpaired) electrons. The van der Waals surface area contributed by atoms with Gasteiger partial charge in [-0.05, 0) is 29.3 Å². The van der Waals surface area contributed by atoms with Gasteiger partial charge in [-0.15, -0.1) is 11.3 Å². The molecule has 7 heteroatoms. The Morgan fingerprint density at radius 2 is 2.04 bits per heavy atom. The lowest BCUT2D eigenvalue weighted by atomic mass is 10.1. The molecule has 0 bridgehead atoms. The highest BCUT2D eigenvalue weighted by atomic mass is 32.1. The van der Waals surface area contributed by atoms with Gasteiger partial charge < -0.3 is 14.5 Å². The number of carbonyl (C=O) groups is 3. The molecular weight excluding hydrogens is 352 g/mol. The van der Waals surface area contributed by atoms with E-state index in [2.05, 4.69) is 16.2 Å². The number of rotatable bonds is 8. The minimum atomic E-state index is -0.331. The lowest BCUT2D eigenvalue weighted by molar-refractivity contribution is -0.142. The summed E-state index contributed by atoms with van der Waals surface area (Å²) >= 11 is 1.74. The fourth-order valence-electron chi connectivity index (χ4n) is 3.08. The summed E-state index contributed by atoms with van der Waals surface area (Å²) in [6.07, 6.45) is 1.46. The van der Waals surface area contributed by atoms with E-state index < -0.39 is 0 Å². The standard InChI is InChI=1S/C19H28N2O4S/c1-14(2)12-20(10-7-19(24)25-3)17(22)4-5-18(23)21-9-6-16-15(13-21)8-11-26-16/h8,11,14H,4-7,9-10,12-13H2,1-3H3. The van der Waals surface area contributed by atoms with Crippen LogP contribution < -0.4 is 0 Å². The van der Waals surface area contributed by atoms with Crippen molar-refractivity contribution in [3.8, 4) is 0 Å². The van der Waals surface area contributed by atoms with Crippen LogP contribution in [0, 0.1) is 5.92 Å². The van der Waals surface area contributed by atoms with Crippen molar-refractivity contribution in [1.82, 2.24) is 9.80 Å². The van der Waals surface area contributed by atoms with E-state index in [4.69, 9.17) is 0 Å². The summed E-state index contributed by atoms with van der Waals surface area (Å²) in [5, 5.41) is 2.06. The van der Waals surface area contributed by atoms with Crippen molar-refractivity contribution < 1.29 is 19.1 Å². The van der Waals surface area contributed by atoms with E-state index in [0.29, 0.717) is 25.6 Å². The van der Waals surface area contributed by atoms with Gasteiger partial charge in [0, 0.05) is 43.9 Å². The molecule has 1 aromatic heterocycles. The summed E-state index contributed by atoms with van der Waals surface area (Å²) in [5.41, 5.74) is 1.22. The van der Waals surface area contributed by atoms with Crippen molar-refractivity contribution in [2.75, 3.05) is 26.7 Å². The molecular formula is C19H28N2O4S. The fourth-order valence-corrected chi connectivity index (χ4v) is 3.97. The number of hydrogen-bond donors (Lipinski definition) is 0. The van der Waals surface area contributed by atoms with Gasteiger partial charge in [0.1, 0.15) is 0 Å². The molecule has 0 unspecified atom stereocenters. The number of hydrogen-bond acceptors (Lipinski definition) is 5. The number of thiophene rings is 1. The molecule has 2 heterocycles. The minimum absolute atomic E-state index is 0.0210. The van der Waals surface area contributed by atoms with Gasteiger partial charge in [0.15, 0.2) is 0 Å². The highest BCUT2D eigenvalue weighted by molar-refractivity contribution is 7.10. The van der Waals surface area contributed by atoms with Crippen LogP contribution in [-0.4, -0.2) is 54.3 Å². The molecule has 144 valence electrons. The van der Waals surface area contributed by atoms with E-state index in [1.807, 2.05) is 18.7 Å². The zero-order chi connectivity index (χ0) is 19.1. The van der Waals surface area contributed by atoms with Gasteiger partial charge in [0.2, 0.25) is 11.8 Å². The average Bonchev–Trinajstić information content (AvgIpc) is 3.09. The van der Waals surface area contributed by atoms with Crippen LogP contribution in [0.2, 0.25) is 0 Å². The summed E-state index contributed by atoms with van der Waals surface area (Å²) in [7, 11) is 1.34. The van der Waals surface area contributed by atoms with Crippen LogP contribution >= 0.6 is 11.3 Å². The fraction of sp³-hybridized carbons (Fsp3) is 0.632. The van der Waals surface area contributed by atoms with Crippen LogP contribution in [0.4, 0.5) is 0 Å². The van der Waals surface area contributed by atoms with Crippen molar-refractivity contribution in [3.05, 3.63) is 21.9 Å². The maximum atomic E-state index is 12.5. The first-order valence-corrected chi connectivity index (χ1v) is 9.96. The number of fused-ring (bicyclic) bond motifs is 1. The van der Waals surface area contributed by atoms with Crippen molar-refractivity contribution >= 4 is 29.1 Å². The van der Waals surface area contributed by atoms with Crippen molar-refractivity contribution in [2.24, 2.45) is 5.92 Å². The molecule has 1 aromatic rings. The first-order chi connectivity index (χ1) is 12.4. The Bertz CT molecular complexity index is 641. The molecule has 2 amide bonds. The van der Waals surface area contributed by atoms with Crippen LogP contribution in [0.15, 0.2) is 11.4 Å². The zero-order valence-electron chi connectivity index (χ0n) is 15.8. The number of methoxy groups -OCH3 is 1. The summed E-state index contributed by atoms with van der Waals surface area (Å²) in [5.74, 6) is -0.0919. The Morgan fingerprint density at radius 1 is 1.27 bits per heavy atom. The number of carbonyl (C=O) groups excluding carboxylic acids is 3. The van der Waals surface area contributed by atoms with Crippen molar-refractivity contribution in [2.45, 2.75) is 46.1 Å². The predicted octanol–water partition coefficient (Wildman–Crippen LogP) is 2.46. The average molecular weight is 381 g/mol. The second kappa shape index (κ2) is 9.71. The molecule has 1 aliphatic rings. The monoisotopic (exact) mass is 380 g/mol. The molecule has 0 aliphatic carbocycles. The van der Waals surface area contributed by atoms with Crippen LogP contribution in [0.5, 0.6) is 0 Å². The molecule has 0 saturated carbocycles. The van der Waals surface area contributed by atoms with Gasteiger partial charge in [-0.3, -0.25) is 14.4 Å². The largest absolute Gasteiger partial charge is 0.469 e. The zero-order valence-corrected chi connectivity index (χ0v) is 16.6. The SMILES string of the molecule is COC(=O)CCN(CC(C)C)C(=O)CCC(=O)N1CCc2sccc2C1. The minimum Gasteiger partial charge on any atom is -0.469 e. The third-order valence-electron chi connectivity index (χ3n) is 4.46. The third-order valence-corrected chi connectivity index (χ3v) is 5.49. The lowest BCUT2D eigenvalue weighted by Crippen LogP contribution is -2.38. The maximum absolute atomic E-state index is 12.5. The molecule has 2 rings (SSSR count). The Balaban J connectivity index is 1.84. The van der Waals surface area contributed by atoms with Gasteiger partial charge in [-0.2, -0.15) is 0 Å². The molecule has 0 aromatic carbocycles. The molecule has 0 N–H and O–H groups in total. The van der Waals surface area contributed by atoms with Gasteiger partial charge >= 0.3 is 5.97 Å². The molecule has 0 fully saturated rings. The number of esters is 1. The topological polar surface area (TPSA) is 66.9 Å². The summed E-state index contributed by atoms with van der Waals surface area (Å²) < 4.78 is 4.65. The molecule has 1 aliphatic heterocycles. The van der Waals surface area contributed by atoms with E-state index in [1.54, 1.807) is 16.2 Å². The molecule has 6 nitrogen and oxygen atoms in total. The number of ether oxygens (including phenoxy) is 1. The van der Waals surface area contributed by atoms with Crippen LogP contribution in [0.25, 0.3) is 0 Å². The number of nitrogens with zero attached hydrogens (tertiary/aromatic N) is 2. The second-order valence-electron chi connectivity index (χ2n) is 6.99. The highest BCUT2D eigenvalue weighted by Crippen LogP contribution is 2.24. The van der Waals surface area contributed by atoms with E-state index in [0.717, 1.165) is 13.0 Å². The maximum Gasteiger partial charge on any atom is 0.307 e. The molecule has 0 saturated heterocycles. The number of amides is 2. The first-order valence-electron chi connectivity index (χ1n) is 9.08. The first kappa shape index (κ1) is 20.4. The van der Waals surface area contributed by atoms with Gasteiger partial charge in [-0.25, -0.2) is 0 Å². The summed E-state index contributed by atoms with van der Waals surface area (Å²) in [4.78, 5) is 41.2. The van der Waals surface area contributed by atoms with Crippen molar-refractivity contribution in [3.63, 3.8) is 0 Å². The van der Waals surface area contributed by atoms with E-state index in [9.17, 15) is 14.4 Å². The normalized spacial score (nSPS) is 13.5.